The van der Waals surface area contributed by atoms with Crippen LogP contribution in [0.2, 0.25) is 0 Å². The van der Waals surface area contributed by atoms with Gasteiger partial charge in [-0.25, -0.2) is 0 Å². The van der Waals surface area contributed by atoms with Gasteiger partial charge < -0.3 is 15.0 Å². The number of hydrogen-bond acceptors (Lipinski definition) is 4. The molecule has 0 radical (unpaired) electrons. The highest BCUT2D eigenvalue weighted by Gasteiger charge is 2.32. The number of carbonyl (C=O) groups excluding carboxylic acids is 2. The van der Waals surface area contributed by atoms with E-state index in [0.717, 1.165) is 6.42 Å². The molecule has 1 fully saturated rings. The molecule has 0 spiro atoms. The van der Waals surface area contributed by atoms with Gasteiger partial charge in [0.1, 0.15) is 6.54 Å². The number of esters is 1. The highest BCUT2D eigenvalue weighted by Crippen LogP contribution is 2.11. The number of amides is 1. The number of nitrogens with one attached hydrogen (secondary N) is 1. The fourth-order valence-corrected chi connectivity index (χ4v) is 1.67. The fourth-order valence-electron chi connectivity index (χ4n) is 1.67. The second-order valence-corrected chi connectivity index (χ2v) is 4.00. The Kier molecular flexibility index (Phi) is 4.08. The van der Waals surface area contributed by atoms with Gasteiger partial charge in [0, 0.05) is 12.6 Å². The zero-order valence-corrected chi connectivity index (χ0v) is 9.45. The number of carbonyl (C=O) groups is 2. The molecule has 0 aromatic carbocycles. The third-order valence-corrected chi connectivity index (χ3v) is 2.38. The van der Waals surface area contributed by atoms with Crippen LogP contribution in [0.4, 0.5) is 0 Å². The minimum absolute atomic E-state index is 0.00546. The second-order valence-electron chi connectivity index (χ2n) is 4.00. The number of methoxy groups -OCH3 is 1. The average molecular weight is 214 g/mol. The molecular weight excluding hydrogens is 196 g/mol. The van der Waals surface area contributed by atoms with Crippen LogP contribution in [0.5, 0.6) is 0 Å². The maximum atomic E-state index is 11.7. The second kappa shape index (κ2) is 5.11. The van der Waals surface area contributed by atoms with Crippen molar-refractivity contribution in [3.05, 3.63) is 0 Å². The van der Waals surface area contributed by atoms with E-state index >= 15 is 0 Å². The van der Waals surface area contributed by atoms with Crippen molar-refractivity contribution in [2.75, 3.05) is 20.2 Å². The third-order valence-electron chi connectivity index (χ3n) is 2.38. The quantitative estimate of drug-likeness (QED) is 0.656. The summed E-state index contributed by atoms with van der Waals surface area (Å²) < 4.78 is 4.52. The summed E-state index contributed by atoms with van der Waals surface area (Å²) >= 11 is 0. The lowest BCUT2D eigenvalue weighted by molar-refractivity contribution is -0.145. The molecule has 0 aromatic heterocycles. The summed E-state index contributed by atoms with van der Waals surface area (Å²) in [5.74, 6) is -0.373. The Morgan fingerprint density at radius 3 is 2.87 bits per heavy atom. The molecule has 1 aliphatic rings. The van der Waals surface area contributed by atoms with Crippen LogP contribution in [0.3, 0.4) is 0 Å². The Balaban J connectivity index is 2.45. The van der Waals surface area contributed by atoms with E-state index in [1.165, 1.54) is 12.0 Å². The van der Waals surface area contributed by atoms with Gasteiger partial charge in [-0.05, 0) is 6.42 Å². The molecule has 0 bridgehead atoms. The molecule has 86 valence electrons. The number of rotatable bonds is 4. The maximum absolute atomic E-state index is 11.7. The highest BCUT2D eigenvalue weighted by atomic mass is 16.5. The van der Waals surface area contributed by atoms with Gasteiger partial charge in [0.15, 0.2) is 0 Å². The first-order chi connectivity index (χ1) is 7.04. The van der Waals surface area contributed by atoms with E-state index in [1.807, 2.05) is 13.8 Å². The lowest BCUT2D eigenvalue weighted by atomic mass is 10.2. The van der Waals surface area contributed by atoms with Gasteiger partial charge in [0.25, 0.3) is 0 Å². The first-order valence-corrected chi connectivity index (χ1v) is 5.16. The number of nitrogens with zero attached hydrogens (tertiary/aromatic N) is 1. The van der Waals surface area contributed by atoms with Gasteiger partial charge in [-0.15, -0.1) is 0 Å². The number of likely N-dealkylation sites (tertiary alicyclic amines) is 1. The van der Waals surface area contributed by atoms with Gasteiger partial charge >= 0.3 is 5.97 Å². The van der Waals surface area contributed by atoms with Crippen molar-refractivity contribution >= 4 is 11.9 Å². The van der Waals surface area contributed by atoms with Crippen molar-refractivity contribution in [1.82, 2.24) is 10.2 Å². The van der Waals surface area contributed by atoms with Gasteiger partial charge in [-0.1, -0.05) is 13.8 Å². The average Bonchev–Trinajstić information content (AvgIpc) is 2.49. The van der Waals surface area contributed by atoms with E-state index in [-0.39, 0.29) is 30.5 Å². The Bertz CT molecular complexity index is 253. The minimum atomic E-state index is -0.367. The van der Waals surface area contributed by atoms with Crippen LogP contribution in [0.15, 0.2) is 0 Å². The van der Waals surface area contributed by atoms with E-state index in [9.17, 15) is 9.59 Å². The Morgan fingerprint density at radius 1 is 1.67 bits per heavy atom. The first kappa shape index (κ1) is 12.0. The van der Waals surface area contributed by atoms with Crippen LogP contribution in [-0.2, 0) is 14.3 Å². The Morgan fingerprint density at radius 2 is 2.33 bits per heavy atom. The topological polar surface area (TPSA) is 58.6 Å². The van der Waals surface area contributed by atoms with Crippen LogP contribution >= 0.6 is 0 Å². The standard InChI is InChI=1S/C10H18N2O3/c1-7(2)11-8-4-5-12(10(8)14)6-9(13)15-3/h7-8,11H,4-6H2,1-3H3. The van der Waals surface area contributed by atoms with E-state index in [0.29, 0.717) is 6.54 Å². The van der Waals surface area contributed by atoms with Crippen LogP contribution in [0.1, 0.15) is 20.3 Å². The zero-order valence-electron chi connectivity index (χ0n) is 9.45. The normalized spacial score (nSPS) is 21.2. The summed E-state index contributed by atoms with van der Waals surface area (Å²) in [6, 6.07) is 0.131. The maximum Gasteiger partial charge on any atom is 0.325 e. The molecule has 1 N–H and O–H groups in total. The summed E-state index contributed by atoms with van der Waals surface area (Å²) in [6.07, 6.45) is 0.758. The van der Waals surface area contributed by atoms with Crippen LogP contribution in [-0.4, -0.2) is 49.1 Å². The molecule has 5 nitrogen and oxygen atoms in total. The smallest absolute Gasteiger partial charge is 0.325 e. The third kappa shape index (κ3) is 3.20. The van der Waals surface area contributed by atoms with Crippen LogP contribution in [0, 0.1) is 0 Å². The summed E-state index contributed by atoms with van der Waals surface area (Å²) in [6.45, 7) is 4.68. The van der Waals surface area contributed by atoms with E-state index in [4.69, 9.17) is 0 Å². The Labute approximate surface area is 89.8 Å². The Hall–Kier alpha value is -1.10. The monoisotopic (exact) mass is 214 g/mol. The molecule has 1 unspecified atom stereocenters. The molecule has 0 saturated carbocycles. The number of hydrogen-bond donors (Lipinski definition) is 1. The van der Waals surface area contributed by atoms with Gasteiger partial charge in [-0.2, -0.15) is 0 Å². The van der Waals surface area contributed by atoms with E-state index in [2.05, 4.69) is 10.1 Å². The zero-order chi connectivity index (χ0) is 11.4. The molecule has 0 aromatic rings. The molecule has 0 aliphatic carbocycles. The van der Waals surface area contributed by atoms with Crippen molar-refractivity contribution in [3.8, 4) is 0 Å². The summed E-state index contributed by atoms with van der Waals surface area (Å²) in [5.41, 5.74) is 0. The summed E-state index contributed by atoms with van der Waals surface area (Å²) in [7, 11) is 1.33. The molecule has 1 heterocycles. The lowest BCUT2D eigenvalue weighted by Crippen LogP contribution is -2.42. The molecule has 1 atom stereocenters. The summed E-state index contributed by atoms with van der Waals surface area (Å²) in [5, 5.41) is 3.17. The van der Waals surface area contributed by atoms with Crippen LogP contribution in [0.25, 0.3) is 0 Å². The summed E-state index contributed by atoms with van der Waals surface area (Å²) in [4.78, 5) is 24.3. The van der Waals surface area contributed by atoms with Crippen molar-refractivity contribution < 1.29 is 14.3 Å². The van der Waals surface area contributed by atoms with Crippen LogP contribution < -0.4 is 5.32 Å². The van der Waals surface area contributed by atoms with Gasteiger partial charge in [-0.3, -0.25) is 9.59 Å². The molecule has 1 rings (SSSR count). The molecule has 1 amide bonds. The SMILES string of the molecule is COC(=O)CN1CCC(NC(C)C)C1=O. The highest BCUT2D eigenvalue weighted by molar-refractivity contribution is 5.87. The van der Waals surface area contributed by atoms with Crippen molar-refractivity contribution in [3.63, 3.8) is 0 Å². The molecule has 15 heavy (non-hydrogen) atoms. The molecule has 5 heteroatoms. The number of ether oxygens (including phenoxy) is 1. The first-order valence-electron chi connectivity index (χ1n) is 5.16. The predicted octanol–water partition coefficient (Wildman–Crippen LogP) is -0.242. The van der Waals surface area contributed by atoms with Gasteiger partial charge in [0.05, 0.1) is 13.2 Å². The minimum Gasteiger partial charge on any atom is -0.468 e. The van der Waals surface area contributed by atoms with E-state index in [1.54, 1.807) is 0 Å². The largest absolute Gasteiger partial charge is 0.468 e. The molecular formula is C10H18N2O3. The van der Waals surface area contributed by atoms with Crippen molar-refractivity contribution in [2.45, 2.75) is 32.4 Å². The fraction of sp³-hybridized carbons (Fsp3) is 0.800. The predicted molar refractivity (Wildman–Crippen MR) is 55.3 cm³/mol. The molecule has 1 saturated heterocycles. The van der Waals surface area contributed by atoms with Gasteiger partial charge in [0.2, 0.25) is 5.91 Å². The van der Waals surface area contributed by atoms with E-state index < -0.39 is 0 Å². The molecule has 1 aliphatic heterocycles. The van der Waals surface area contributed by atoms with Crippen molar-refractivity contribution in [2.24, 2.45) is 0 Å². The lowest BCUT2D eigenvalue weighted by Gasteiger charge is -2.17. The van der Waals surface area contributed by atoms with Crippen molar-refractivity contribution in [1.29, 1.82) is 0 Å².